The number of hydrogen-bond acceptors (Lipinski definition) is 7. The Balaban J connectivity index is 1.56. The van der Waals surface area contributed by atoms with Crippen molar-refractivity contribution in [1.82, 2.24) is 4.31 Å². The van der Waals surface area contributed by atoms with Gasteiger partial charge in [0.15, 0.2) is 0 Å². The largest absolute Gasteiger partial charge is 0.495 e. The molecule has 12 heteroatoms. The average molecular weight is 546 g/mol. The third-order valence-corrected chi connectivity index (χ3v) is 9.41. The Morgan fingerprint density at radius 1 is 0.892 bits per heavy atom. The Morgan fingerprint density at radius 2 is 1.51 bits per heavy atom. The summed E-state index contributed by atoms with van der Waals surface area (Å²) < 4.78 is 65.6. The van der Waals surface area contributed by atoms with Crippen molar-refractivity contribution in [3.05, 3.63) is 78.9 Å². The van der Waals surface area contributed by atoms with E-state index in [-0.39, 0.29) is 34.3 Å². The molecule has 196 valence electrons. The molecule has 37 heavy (non-hydrogen) atoms. The SMILES string of the molecule is COc1ccccc1N(CC(=O)Nc1ccc(S(=O)(=O)N2CCOCC2)cc1)S(=O)(=O)c1ccccc1. The van der Waals surface area contributed by atoms with Crippen molar-refractivity contribution >= 4 is 37.3 Å². The first-order valence-corrected chi connectivity index (χ1v) is 14.3. The lowest BCUT2D eigenvalue weighted by molar-refractivity contribution is -0.114. The van der Waals surface area contributed by atoms with Gasteiger partial charge in [0.05, 0.1) is 35.8 Å². The molecule has 0 aromatic heterocycles. The van der Waals surface area contributed by atoms with Gasteiger partial charge >= 0.3 is 0 Å². The van der Waals surface area contributed by atoms with Gasteiger partial charge in [0.1, 0.15) is 12.3 Å². The van der Waals surface area contributed by atoms with E-state index in [2.05, 4.69) is 5.32 Å². The summed E-state index contributed by atoms with van der Waals surface area (Å²) in [7, 11) is -6.38. The van der Waals surface area contributed by atoms with E-state index in [1.165, 1.54) is 47.8 Å². The Labute approximate surface area is 216 Å². The van der Waals surface area contributed by atoms with Crippen LogP contribution in [0.3, 0.4) is 0 Å². The molecule has 1 aliphatic rings. The first-order chi connectivity index (χ1) is 17.7. The first-order valence-electron chi connectivity index (χ1n) is 11.4. The number of nitrogens with one attached hydrogen (secondary N) is 1. The minimum Gasteiger partial charge on any atom is -0.495 e. The quantitative estimate of drug-likeness (QED) is 0.439. The molecule has 1 fully saturated rings. The lowest BCUT2D eigenvalue weighted by atomic mass is 10.3. The number of benzene rings is 3. The van der Waals surface area contributed by atoms with Gasteiger partial charge in [-0.1, -0.05) is 30.3 Å². The molecule has 0 radical (unpaired) electrons. The second-order valence-corrected chi connectivity index (χ2v) is 11.9. The minimum absolute atomic E-state index is 0.0198. The van der Waals surface area contributed by atoms with Crippen LogP contribution in [0, 0.1) is 0 Å². The van der Waals surface area contributed by atoms with Crippen molar-refractivity contribution in [2.45, 2.75) is 9.79 Å². The van der Waals surface area contributed by atoms with Gasteiger partial charge in [-0.3, -0.25) is 9.10 Å². The van der Waals surface area contributed by atoms with Crippen LogP contribution in [-0.4, -0.2) is 67.0 Å². The molecule has 1 heterocycles. The van der Waals surface area contributed by atoms with Gasteiger partial charge < -0.3 is 14.8 Å². The van der Waals surface area contributed by atoms with Crippen molar-refractivity contribution in [2.24, 2.45) is 0 Å². The van der Waals surface area contributed by atoms with E-state index in [0.717, 1.165) is 4.31 Å². The highest BCUT2D eigenvalue weighted by molar-refractivity contribution is 7.93. The van der Waals surface area contributed by atoms with Crippen LogP contribution in [0.15, 0.2) is 88.7 Å². The smallest absolute Gasteiger partial charge is 0.264 e. The summed E-state index contributed by atoms with van der Waals surface area (Å²) in [5, 5.41) is 2.65. The molecule has 4 rings (SSSR count). The van der Waals surface area contributed by atoms with Gasteiger partial charge in [-0.2, -0.15) is 4.31 Å². The average Bonchev–Trinajstić information content (AvgIpc) is 2.93. The third kappa shape index (κ3) is 5.93. The Morgan fingerprint density at radius 3 is 2.16 bits per heavy atom. The van der Waals surface area contributed by atoms with Crippen molar-refractivity contribution < 1.29 is 31.1 Å². The summed E-state index contributed by atoms with van der Waals surface area (Å²) >= 11 is 0. The number of hydrogen-bond donors (Lipinski definition) is 1. The maximum atomic E-state index is 13.5. The minimum atomic E-state index is -4.12. The number of amides is 1. The molecule has 1 saturated heterocycles. The number of para-hydroxylation sites is 2. The zero-order valence-electron chi connectivity index (χ0n) is 20.1. The Hall–Kier alpha value is -3.45. The van der Waals surface area contributed by atoms with Crippen LogP contribution in [0.5, 0.6) is 5.75 Å². The van der Waals surface area contributed by atoms with Gasteiger partial charge in [-0.25, -0.2) is 16.8 Å². The first kappa shape index (κ1) is 26.6. The molecule has 0 saturated carbocycles. The second kappa shape index (κ2) is 11.3. The zero-order valence-corrected chi connectivity index (χ0v) is 21.7. The molecule has 1 amide bonds. The van der Waals surface area contributed by atoms with Gasteiger partial charge in [-0.05, 0) is 48.5 Å². The van der Waals surface area contributed by atoms with E-state index in [1.54, 1.807) is 42.5 Å². The maximum Gasteiger partial charge on any atom is 0.264 e. The van der Waals surface area contributed by atoms with E-state index in [0.29, 0.717) is 18.9 Å². The monoisotopic (exact) mass is 545 g/mol. The molecule has 1 N–H and O–H groups in total. The molecule has 10 nitrogen and oxygen atoms in total. The van der Waals surface area contributed by atoms with Crippen molar-refractivity contribution in [3.63, 3.8) is 0 Å². The standard InChI is InChI=1S/C25H27N3O7S2/c1-34-24-10-6-5-9-23(24)28(37(32,33)21-7-3-2-4-8-21)19-25(29)26-20-11-13-22(14-12-20)36(30,31)27-15-17-35-18-16-27/h2-14H,15-19H2,1H3,(H,26,29). The van der Waals surface area contributed by atoms with Gasteiger partial charge in [0.25, 0.3) is 10.0 Å². The van der Waals surface area contributed by atoms with Crippen molar-refractivity contribution in [1.29, 1.82) is 0 Å². The van der Waals surface area contributed by atoms with Crippen LogP contribution >= 0.6 is 0 Å². The number of morpholine rings is 1. The topological polar surface area (TPSA) is 122 Å². The predicted octanol–water partition coefficient (Wildman–Crippen LogP) is 2.55. The van der Waals surface area contributed by atoms with Crippen molar-refractivity contribution in [3.8, 4) is 5.75 Å². The van der Waals surface area contributed by atoms with Crippen LogP contribution in [-0.2, 0) is 29.6 Å². The molecule has 0 unspecified atom stereocenters. The zero-order chi connectivity index (χ0) is 26.5. The molecular weight excluding hydrogens is 518 g/mol. The van der Waals surface area contributed by atoms with Crippen LogP contribution in [0.25, 0.3) is 0 Å². The number of rotatable bonds is 9. The number of carbonyl (C=O) groups is 1. The van der Waals surface area contributed by atoms with E-state index < -0.39 is 32.5 Å². The summed E-state index contributed by atoms with van der Waals surface area (Å²) in [6, 6.07) is 20.0. The summed E-state index contributed by atoms with van der Waals surface area (Å²) in [6.45, 7) is 0.681. The molecule has 0 aliphatic carbocycles. The number of anilines is 2. The number of nitrogens with zero attached hydrogens (tertiary/aromatic N) is 2. The number of ether oxygens (including phenoxy) is 2. The maximum absolute atomic E-state index is 13.5. The normalized spacial score (nSPS) is 14.6. The molecular formula is C25H27N3O7S2. The number of carbonyl (C=O) groups excluding carboxylic acids is 1. The molecule has 1 aliphatic heterocycles. The predicted molar refractivity (Wildman–Crippen MR) is 139 cm³/mol. The van der Waals surface area contributed by atoms with Crippen LogP contribution in [0.4, 0.5) is 11.4 Å². The van der Waals surface area contributed by atoms with E-state index in [4.69, 9.17) is 9.47 Å². The van der Waals surface area contributed by atoms with E-state index in [9.17, 15) is 21.6 Å². The summed E-state index contributed by atoms with van der Waals surface area (Å²) in [5.74, 6) is -0.332. The van der Waals surface area contributed by atoms with E-state index in [1.807, 2.05) is 0 Å². The molecule has 0 atom stereocenters. The summed E-state index contributed by atoms with van der Waals surface area (Å²) in [6.07, 6.45) is 0. The fraction of sp³-hybridized carbons (Fsp3) is 0.240. The lowest BCUT2D eigenvalue weighted by Crippen LogP contribution is -2.40. The molecule has 3 aromatic rings. The van der Waals surface area contributed by atoms with Gasteiger partial charge in [0, 0.05) is 18.8 Å². The fourth-order valence-electron chi connectivity index (χ4n) is 3.83. The summed E-state index contributed by atoms with van der Waals surface area (Å²) in [5.41, 5.74) is 0.527. The van der Waals surface area contributed by atoms with Crippen LogP contribution in [0.2, 0.25) is 0 Å². The highest BCUT2D eigenvalue weighted by atomic mass is 32.2. The Kier molecular flexibility index (Phi) is 8.13. The Bertz CT molecular complexity index is 1440. The van der Waals surface area contributed by atoms with Crippen LogP contribution in [0.1, 0.15) is 0 Å². The fourth-order valence-corrected chi connectivity index (χ4v) is 6.69. The molecule has 0 spiro atoms. The van der Waals surface area contributed by atoms with Crippen molar-refractivity contribution in [2.75, 3.05) is 49.6 Å². The second-order valence-electron chi connectivity index (χ2n) is 8.09. The number of methoxy groups -OCH3 is 1. The third-order valence-electron chi connectivity index (χ3n) is 5.72. The molecule has 0 bridgehead atoms. The van der Waals surface area contributed by atoms with E-state index >= 15 is 0 Å². The number of sulfonamides is 2. The summed E-state index contributed by atoms with van der Waals surface area (Å²) in [4.78, 5) is 13.1. The van der Waals surface area contributed by atoms with Crippen LogP contribution < -0.4 is 14.4 Å². The lowest BCUT2D eigenvalue weighted by Gasteiger charge is -2.26. The highest BCUT2D eigenvalue weighted by Crippen LogP contribution is 2.32. The van der Waals surface area contributed by atoms with Gasteiger partial charge in [-0.15, -0.1) is 0 Å². The highest BCUT2D eigenvalue weighted by Gasteiger charge is 2.30. The van der Waals surface area contributed by atoms with Gasteiger partial charge in [0.2, 0.25) is 15.9 Å². The molecule has 3 aromatic carbocycles.